The summed E-state index contributed by atoms with van der Waals surface area (Å²) in [6.07, 6.45) is -4.03. The van der Waals surface area contributed by atoms with Gasteiger partial charge in [0.05, 0.1) is 29.1 Å². The van der Waals surface area contributed by atoms with Gasteiger partial charge in [0.25, 0.3) is 0 Å². The molecule has 2 amide bonds. The van der Waals surface area contributed by atoms with E-state index in [0.717, 1.165) is 12.1 Å². The van der Waals surface area contributed by atoms with Crippen LogP contribution in [0.5, 0.6) is 0 Å². The Bertz CT molecular complexity index is 555. The Morgan fingerprint density at radius 1 is 1.30 bits per heavy atom. The second kappa shape index (κ2) is 7.08. The number of benzene rings is 1. The molecule has 5 nitrogen and oxygen atoms in total. The van der Waals surface area contributed by atoms with E-state index < -0.39 is 23.3 Å². The number of hydrogen-bond acceptors (Lipinski definition) is 3. The maximum atomic E-state index is 12.8. The van der Waals surface area contributed by atoms with E-state index in [1.54, 1.807) is 32.8 Å². The molecular formula is C15H22F3N3O2. The van der Waals surface area contributed by atoms with Crippen LogP contribution in [-0.2, 0) is 6.18 Å². The van der Waals surface area contributed by atoms with Crippen molar-refractivity contribution in [3.8, 4) is 0 Å². The van der Waals surface area contributed by atoms with Crippen molar-refractivity contribution < 1.29 is 23.1 Å². The van der Waals surface area contributed by atoms with E-state index in [0.29, 0.717) is 12.1 Å². The molecule has 0 saturated heterocycles. The third kappa shape index (κ3) is 5.02. The lowest BCUT2D eigenvalue weighted by Gasteiger charge is -2.28. The van der Waals surface area contributed by atoms with E-state index >= 15 is 0 Å². The highest BCUT2D eigenvalue weighted by Crippen LogP contribution is 2.34. The first-order valence-corrected chi connectivity index (χ1v) is 7.11. The Balaban J connectivity index is 3.07. The number of aliphatic hydroxyl groups is 1. The van der Waals surface area contributed by atoms with E-state index in [1.807, 2.05) is 0 Å². The minimum Gasteiger partial charge on any atom is -0.394 e. The molecule has 1 aromatic rings. The fraction of sp³-hybridized carbons (Fsp3) is 0.533. The van der Waals surface area contributed by atoms with Gasteiger partial charge >= 0.3 is 12.2 Å². The number of carbonyl (C=O) groups is 1. The van der Waals surface area contributed by atoms with Gasteiger partial charge in [-0.05, 0) is 31.5 Å². The lowest BCUT2D eigenvalue weighted by Crippen LogP contribution is -2.50. The van der Waals surface area contributed by atoms with Crippen LogP contribution in [0.1, 0.15) is 25.8 Å². The van der Waals surface area contributed by atoms with E-state index in [4.69, 9.17) is 0 Å². The maximum Gasteiger partial charge on any atom is 0.416 e. The summed E-state index contributed by atoms with van der Waals surface area (Å²) in [7, 11) is 3.32. The molecule has 0 spiro atoms. The first-order chi connectivity index (χ1) is 10.5. The molecule has 0 saturated carbocycles. The summed E-state index contributed by atoms with van der Waals surface area (Å²) in [4.78, 5) is 13.6. The van der Waals surface area contributed by atoms with E-state index in [2.05, 4.69) is 10.6 Å². The van der Waals surface area contributed by atoms with Gasteiger partial charge in [-0.2, -0.15) is 13.2 Å². The standard InChI is InChI=1S/C15H22F3N3O2/c1-5-14(2,9-22)20-13(23)19-11-8-10(15(16,17)18)6-7-12(11)21(3)4/h6-8,22H,5,9H2,1-4H3,(H2,19,20,23). The smallest absolute Gasteiger partial charge is 0.394 e. The van der Waals surface area contributed by atoms with Gasteiger partial charge in [0, 0.05) is 14.1 Å². The number of halogens is 3. The summed E-state index contributed by atoms with van der Waals surface area (Å²) in [5.74, 6) is 0. The second-order valence-electron chi connectivity index (χ2n) is 5.78. The molecule has 1 aromatic carbocycles. The fourth-order valence-corrected chi connectivity index (χ4v) is 1.87. The highest BCUT2D eigenvalue weighted by Gasteiger charge is 2.31. The van der Waals surface area contributed by atoms with Crippen LogP contribution in [0.4, 0.5) is 29.3 Å². The lowest BCUT2D eigenvalue weighted by molar-refractivity contribution is -0.137. The molecule has 3 N–H and O–H groups in total. The van der Waals surface area contributed by atoms with Crippen molar-refractivity contribution in [1.29, 1.82) is 0 Å². The van der Waals surface area contributed by atoms with Crippen molar-refractivity contribution in [1.82, 2.24) is 5.32 Å². The quantitative estimate of drug-likeness (QED) is 0.776. The van der Waals surface area contributed by atoms with Gasteiger partial charge in [-0.1, -0.05) is 6.92 Å². The summed E-state index contributed by atoms with van der Waals surface area (Å²) in [6.45, 7) is 3.15. The molecule has 0 aliphatic carbocycles. The van der Waals surface area contributed by atoms with E-state index in [1.165, 1.54) is 6.07 Å². The number of rotatable bonds is 5. The average molecular weight is 333 g/mol. The number of hydrogen-bond donors (Lipinski definition) is 3. The van der Waals surface area contributed by atoms with Crippen LogP contribution in [0, 0.1) is 0 Å². The summed E-state index contributed by atoms with van der Waals surface area (Å²) >= 11 is 0. The normalized spacial score (nSPS) is 14.1. The Kier molecular flexibility index (Phi) is 5.87. The molecule has 1 unspecified atom stereocenters. The topological polar surface area (TPSA) is 64.6 Å². The molecule has 1 atom stereocenters. The first kappa shape index (κ1) is 19.1. The zero-order chi connectivity index (χ0) is 17.8. The van der Waals surface area contributed by atoms with Gasteiger partial charge < -0.3 is 20.6 Å². The summed E-state index contributed by atoms with van der Waals surface area (Å²) in [5.41, 5.74) is -1.21. The van der Waals surface area contributed by atoms with Crippen molar-refractivity contribution in [3.63, 3.8) is 0 Å². The number of amides is 2. The highest BCUT2D eigenvalue weighted by atomic mass is 19.4. The number of alkyl halides is 3. The van der Waals surface area contributed by atoms with Crippen LogP contribution < -0.4 is 15.5 Å². The van der Waals surface area contributed by atoms with Crippen molar-refractivity contribution >= 4 is 17.4 Å². The van der Waals surface area contributed by atoms with Gasteiger partial charge in [-0.15, -0.1) is 0 Å². The van der Waals surface area contributed by atoms with Crippen molar-refractivity contribution in [2.24, 2.45) is 0 Å². The van der Waals surface area contributed by atoms with Crippen molar-refractivity contribution in [3.05, 3.63) is 23.8 Å². The summed E-state index contributed by atoms with van der Waals surface area (Å²) < 4.78 is 38.5. The van der Waals surface area contributed by atoms with Gasteiger partial charge in [-0.3, -0.25) is 0 Å². The number of aliphatic hydroxyl groups excluding tert-OH is 1. The molecule has 0 radical (unpaired) electrons. The average Bonchev–Trinajstić information content (AvgIpc) is 2.45. The molecule has 1 rings (SSSR count). The molecule has 0 bridgehead atoms. The van der Waals surface area contributed by atoms with Crippen LogP contribution in [0.2, 0.25) is 0 Å². The van der Waals surface area contributed by atoms with Crippen LogP contribution >= 0.6 is 0 Å². The predicted octanol–water partition coefficient (Wildman–Crippen LogP) is 3.05. The molecular weight excluding hydrogens is 311 g/mol. The summed E-state index contributed by atoms with van der Waals surface area (Å²) in [5, 5.41) is 14.3. The number of carbonyl (C=O) groups excluding carboxylic acids is 1. The van der Waals surface area contributed by atoms with Crippen LogP contribution in [0.25, 0.3) is 0 Å². The van der Waals surface area contributed by atoms with Crippen LogP contribution in [0.15, 0.2) is 18.2 Å². The number of nitrogens with one attached hydrogen (secondary N) is 2. The molecule has 23 heavy (non-hydrogen) atoms. The third-order valence-corrected chi connectivity index (χ3v) is 3.60. The Hall–Kier alpha value is -1.96. The molecule has 0 aromatic heterocycles. The molecule has 0 aliphatic heterocycles. The molecule has 0 aliphatic rings. The summed E-state index contributed by atoms with van der Waals surface area (Å²) in [6, 6.07) is 2.47. The van der Waals surface area contributed by atoms with E-state index in [-0.39, 0.29) is 12.3 Å². The molecule has 8 heteroatoms. The largest absolute Gasteiger partial charge is 0.416 e. The molecule has 0 heterocycles. The predicted molar refractivity (Wildman–Crippen MR) is 83.7 cm³/mol. The fourth-order valence-electron chi connectivity index (χ4n) is 1.87. The van der Waals surface area contributed by atoms with E-state index in [9.17, 15) is 23.1 Å². The number of urea groups is 1. The molecule has 0 fully saturated rings. The van der Waals surface area contributed by atoms with Gasteiger partial charge in [0.2, 0.25) is 0 Å². The Labute approximate surface area is 133 Å². The van der Waals surface area contributed by atoms with Crippen molar-refractivity contribution in [2.45, 2.75) is 32.0 Å². The second-order valence-corrected chi connectivity index (χ2v) is 5.78. The zero-order valence-corrected chi connectivity index (χ0v) is 13.6. The monoisotopic (exact) mass is 333 g/mol. The maximum absolute atomic E-state index is 12.8. The zero-order valence-electron chi connectivity index (χ0n) is 13.6. The van der Waals surface area contributed by atoms with Crippen LogP contribution in [0.3, 0.4) is 0 Å². The van der Waals surface area contributed by atoms with Crippen molar-refractivity contribution in [2.75, 3.05) is 30.9 Å². The van der Waals surface area contributed by atoms with Gasteiger partial charge in [-0.25, -0.2) is 4.79 Å². The highest BCUT2D eigenvalue weighted by molar-refractivity contribution is 5.93. The van der Waals surface area contributed by atoms with Gasteiger partial charge in [0.15, 0.2) is 0 Å². The Morgan fingerprint density at radius 2 is 1.91 bits per heavy atom. The van der Waals surface area contributed by atoms with Gasteiger partial charge in [0.1, 0.15) is 0 Å². The minimum atomic E-state index is -4.50. The third-order valence-electron chi connectivity index (χ3n) is 3.60. The molecule has 130 valence electrons. The minimum absolute atomic E-state index is 0.0405. The van der Waals surface area contributed by atoms with Crippen LogP contribution in [-0.4, -0.2) is 37.4 Å². The first-order valence-electron chi connectivity index (χ1n) is 7.11. The SMILES string of the molecule is CCC(C)(CO)NC(=O)Nc1cc(C(F)(F)F)ccc1N(C)C. The number of anilines is 2. The lowest BCUT2D eigenvalue weighted by atomic mass is 10.0. The Morgan fingerprint density at radius 3 is 2.35 bits per heavy atom. The number of nitrogens with zero attached hydrogens (tertiary/aromatic N) is 1.